The molecular weight excluding hydrogens is 275 g/mol. The van der Waals surface area contributed by atoms with Crippen LogP contribution in [0.5, 0.6) is 0 Å². The lowest BCUT2D eigenvalue weighted by Gasteiger charge is -2.22. The first kappa shape index (κ1) is 20.8. The average molecular weight is 308 g/mol. The molecule has 0 bridgehead atoms. The minimum absolute atomic E-state index is 0.0338. The Morgan fingerprint density at radius 1 is 0.952 bits per heavy atom. The van der Waals surface area contributed by atoms with E-state index in [0.717, 1.165) is 19.3 Å². The van der Waals surface area contributed by atoms with Gasteiger partial charge in [-0.25, -0.2) is 4.39 Å². The zero-order valence-corrected chi connectivity index (χ0v) is 13.7. The summed E-state index contributed by atoms with van der Waals surface area (Å²) in [5.41, 5.74) is -1.64. The van der Waals surface area contributed by atoms with Gasteiger partial charge in [0.2, 0.25) is 0 Å². The van der Waals surface area contributed by atoms with Crippen LogP contribution in [0.1, 0.15) is 58.3 Å². The topological polar surface area (TPSA) is 47.9 Å². The second-order valence-corrected chi connectivity index (χ2v) is 5.55. The van der Waals surface area contributed by atoms with Crippen molar-refractivity contribution in [1.29, 1.82) is 0 Å². The molecule has 0 heterocycles. The van der Waals surface area contributed by atoms with Gasteiger partial charge in [0.25, 0.3) is 0 Å². The fourth-order valence-electron chi connectivity index (χ4n) is 2.08. The molecule has 0 aromatic rings. The van der Waals surface area contributed by atoms with E-state index in [-0.39, 0.29) is 13.4 Å². The van der Waals surface area contributed by atoms with E-state index in [2.05, 4.69) is 6.92 Å². The molecule has 5 heteroatoms. The Morgan fingerprint density at radius 3 is 2.24 bits per heavy atom. The molecular formula is C16H33FO4. The Labute approximate surface area is 129 Å². The molecule has 0 spiro atoms. The highest BCUT2D eigenvalue weighted by Crippen LogP contribution is 2.21. The molecule has 0 aliphatic rings. The fourth-order valence-corrected chi connectivity index (χ4v) is 2.08. The maximum atomic E-state index is 14.3. The van der Waals surface area contributed by atoms with Crippen LogP contribution in [0, 0.1) is 0 Å². The highest BCUT2D eigenvalue weighted by molar-refractivity contribution is 4.77. The predicted octanol–water partition coefficient (Wildman–Crippen LogP) is 3.46. The lowest BCUT2D eigenvalue weighted by molar-refractivity contribution is -0.107. The highest BCUT2D eigenvalue weighted by atomic mass is 19.1. The standard InChI is InChI=1S/C16H33FO4/c1-3-4-5-6-7-8-9-10-16(17,13-18)14-21-15-20-12-11-19-2/h18H,3-15H2,1-2H3/t16-/m0/s1. The lowest BCUT2D eigenvalue weighted by atomic mass is 9.99. The van der Waals surface area contributed by atoms with Crippen LogP contribution in [-0.4, -0.2) is 51.1 Å². The van der Waals surface area contributed by atoms with E-state index < -0.39 is 12.3 Å². The highest BCUT2D eigenvalue weighted by Gasteiger charge is 2.28. The minimum atomic E-state index is -1.64. The van der Waals surface area contributed by atoms with Crippen molar-refractivity contribution in [3.63, 3.8) is 0 Å². The summed E-state index contributed by atoms with van der Waals surface area (Å²) in [6.07, 6.45) is 8.28. The molecule has 0 amide bonds. The zero-order valence-electron chi connectivity index (χ0n) is 13.7. The number of halogens is 1. The summed E-state index contributed by atoms with van der Waals surface area (Å²) in [7, 11) is 1.59. The second kappa shape index (κ2) is 14.7. The van der Waals surface area contributed by atoms with Crippen molar-refractivity contribution in [2.24, 2.45) is 0 Å². The first-order valence-electron chi connectivity index (χ1n) is 8.12. The van der Waals surface area contributed by atoms with E-state index in [1.807, 2.05) is 0 Å². The molecule has 0 aromatic carbocycles. The van der Waals surface area contributed by atoms with Crippen LogP contribution in [0.2, 0.25) is 0 Å². The second-order valence-electron chi connectivity index (χ2n) is 5.55. The largest absolute Gasteiger partial charge is 0.393 e. The number of aliphatic hydroxyl groups excluding tert-OH is 1. The van der Waals surface area contributed by atoms with E-state index in [1.165, 1.54) is 25.7 Å². The number of hydrogen-bond donors (Lipinski definition) is 1. The smallest absolute Gasteiger partial charge is 0.157 e. The summed E-state index contributed by atoms with van der Waals surface area (Å²) in [6.45, 7) is 2.52. The van der Waals surface area contributed by atoms with E-state index in [1.54, 1.807) is 7.11 Å². The van der Waals surface area contributed by atoms with Crippen LogP contribution < -0.4 is 0 Å². The van der Waals surface area contributed by atoms with Gasteiger partial charge in [-0.15, -0.1) is 0 Å². The molecule has 0 aliphatic heterocycles. The average Bonchev–Trinajstić information content (AvgIpc) is 2.50. The van der Waals surface area contributed by atoms with E-state index in [4.69, 9.17) is 14.2 Å². The molecule has 0 radical (unpaired) electrons. The number of hydrogen-bond acceptors (Lipinski definition) is 4. The van der Waals surface area contributed by atoms with Gasteiger partial charge in [-0.05, 0) is 6.42 Å². The number of unbranched alkanes of at least 4 members (excludes halogenated alkanes) is 6. The monoisotopic (exact) mass is 308 g/mol. The van der Waals surface area contributed by atoms with Gasteiger partial charge in [-0.2, -0.15) is 0 Å². The molecule has 0 aromatic heterocycles. The SMILES string of the molecule is CCCCCCCCC[C@](F)(CO)COCOCCOC. The first-order valence-corrected chi connectivity index (χ1v) is 8.12. The van der Waals surface area contributed by atoms with Crippen LogP contribution in [0.4, 0.5) is 4.39 Å². The Morgan fingerprint density at radius 2 is 1.62 bits per heavy atom. The third-order valence-corrected chi connectivity index (χ3v) is 3.47. The molecule has 0 saturated carbocycles. The lowest BCUT2D eigenvalue weighted by Crippen LogP contribution is -2.34. The van der Waals surface area contributed by atoms with E-state index in [0.29, 0.717) is 19.6 Å². The number of alkyl halides is 1. The third kappa shape index (κ3) is 13.2. The summed E-state index contributed by atoms with van der Waals surface area (Å²) >= 11 is 0. The maximum Gasteiger partial charge on any atom is 0.157 e. The number of methoxy groups -OCH3 is 1. The normalized spacial score (nSPS) is 14.3. The van der Waals surface area contributed by atoms with E-state index in [9.17, 15) is 9.50 Å². The third-order valence-electron chi connectivity index (χ3n) is 3.47. The number of ether oxygens (including phenoxy) is 3. The molecule has 21 heavy (non-hydrogen) atoms. The van der Waals surface area contributed by atoms with Crippen LogP contribution >= 0.6 is 0 Å². The summed E-state index contributed by atoms with van der Waals surface area (Å²) in [5, 5.41) is 9.18. The fraction of sp³-hybridized carbons (Fsp3) is 1.00. The van der Waals surface area contributed by atoms with Crippen LogP contribution in [-0.2, 0) is 14.2 Å². The van der Waals surface area contributed by atoms with Crippen LogP contribution in [0.15, 0.2) is 0 Å². The van der Waals surface area contributed by atoms with Gasteiger partial charge in [0.1, 0.15) is 6.79 Å². The van der Waals surface area contributed by atoms with Gasteiger partial charge < -0.3 is 19.3 Å². The first-order chi connectivity index (χ1) is 10.2. The molecule has 0 unspecified atom stereocenters. The molecule has 0 rings (SSSR count). The Bertz CT molecular complexity index is 216. The molecule has 128 valence electrons. The van der Waals surface area contributed by atoms with Crippen molar-refractivity contribution >= 4 is 0 Å². The molecule has 4 nitrogen and oxygen atoms in total. The Kier molecular flexibility index (Phi) is 14.5. The van der Waals surface area contributed by atoms with E-state index >= 15 is 0 Å². The quantitative estimate of drug-likeness (QED) is 0.350. The van der Waals surface area contributed by atoms with Gasteiger partial charge in [0.05, 0.1) is 26.4 Å². The van der Waals surface area contributed by atoms with Crippen molar-refractivity contribution in [1.82, 2.24) is 0 Å². The molecule has 1 atom stereocenters. The predicted molar refractivity (Wildman–Crippen MR) is 82.2 cm³/mol. The Hall–Kier alpha value is -0.230. The van der Waals surface area contributed by atoms with Crippen molar-refractivity contribution < 1.29 is 23.7 Å². The van der Waals surface area contributed by atoms with Crippen LogP contribution in [0.25, 0.3) is 0 Å². The van der Waals surface area contributed by atoms with Gasteiger partial charge in [-0.3, -0.25) is 0 Å². The minimum Gasteiger partial charge on any atom is -0.393 e. The maximum absolute atomic E-state index is 14.3. The van der Waals surface area contributed by atoms with Gasteiger partial charge in [-0.1, -0.05) is 51.9 Å². The molecule has 0 saturated heterocycles. The van der Waals surface area contributed by atoms with Gasteiger partial charge in [0, 0.05) is 7.11 Å². The van der Waals surface area contributed by atoms with Gasteiger partial charge >= 0.3 is 0 Å². The van der Waals surface area contributed by atoms with Gasteiger partial charge in [0.15, 0.2) is 5.67 Å². The van der Waals surface area contributed by atoms with Crippen molar-refractivity contribution in [3.05, 3.63) is 0 Å². The molecule has 0 fully saturated rings. The molecule has 1 N–H and O–H groups in total. The summed E-state index contributed by atoms with van der Waals surface area (Å²) < 4.78 is 29.3. The summed E-state index contributed by atoms with van der Waals surface area (Å²) in [6, 6.07) is 0. The molecule has 0 aliphatic carbocycles. The summed E-state index contributed by atoms with van der Waals surface area (Å²) in [5.74, 6) is 0. The number of aliphatic hydroxyl groups is 1. The number of rotatable bonds is 16. The summed E-state index contributed by atoms with van der Waals surface area (Å²) in [4.78, 5) is 0. The van der Waals surface area contributed by atoms with Crippen molar-refractivity contribution in [2.75, 3.05) is 40.3 Å². The van der Waals surface area contributed by atoms with Crippen LogP contribution in [0.3, 0.4) is 0 Å². The Balaban J connectivity index is 3.55. The zero-order chi connectivity index (χ0) is 15.8. The van der Waals surface area contributed by atoms with Crippen molar-refractivity contribution in [2.45, 2.75) is 64.0 Å². The van der Waals surface area contributed by atoms with Crippen molar-refractivity contribution in [3.8, 4) is 0 Å².